The van der Waals surface area contributed by atoms with Crippen molar-refractivity contribution in [1.82, 2.24) is 10.3 Å². The summed E-state index contributed by atoms with van der Waals surface area (Å²) in [6, 6.07) is 8.23. The Kier molecular flexibility index (Phi) is 5.51. The molecule has 0 saturated carbocycles. The molecule has 2 rings (SSSR count). The van der Waals surface area contributed by atoms with Crippen LogP contribution in [0.2, 0.25) is 0 Å². The first-order chi connectivity index (χ1) is 10.0. The van der Waals surface area contributed by atoms with E-state index in [1.165, 1.54) is 0 Å². The molecular weight excluding hydrogens is 280 g/mol. The molecule has 0 unspecified atom stereocenters. The van der Waals surface area contributed by atoms with Crippen molar-refractivity contribution < 1.29 is 4.79 Å². The zero-order valence-electron chi connectivity index (χ0n) is 12.8. The number of nitrogens with one attached hydrogen (secondary N) is 1. The lowest BCUT2D eigenvalue weighted by Crippen LogP contribution is -2.22. The lowest BCUT2D eigenvalue weighted by Gasteiger charge is -2.07. The Labute approximate surface area is 130 Å². The molecule has 112 valence electrons. The van der Waals surface area contributed by atoms with Crippen LogP contribution in [-0.4, -0.2) is 10.9 Å². The van der Waals surface area contributed by atoms with Gasteiger partial charge in [0.2, 0.25) is 5.91 Å². The molecule has 4 heteroatoms. The molecule has 0 fully saturated rings. The average Bonchev–Trinajstić information content (AvgIpc) is 2.90. The number of carbonyl (C=O) groups is 1. The van der Waals surface area contributed by atoms with Gasteiger partial charge >= 0.3 is 0 Å². The van der Waals surface area contributed by atoms with Crippen LogP contribution in [0.5, 0.6) is 0 Å². The zero-order valence-corrected chi connectivity index (χ0v) is 13.7. The Hall–Kier alpha value is -1.68. The molecule has 0 radical (unpaired) electrons. The van der Waals surface area contributed by atoms with Crippen LogP contribution >= 0.6 is 11.3 Å². The normalized spacial score (nSPS) is 10.9. The highest BCUT2D eigenvalue weighted by molar-refractivity contribution is 7.13. The molecule has 0 bridgehead atoms. The number of benzene rings is 1. The summed E-state index contributed by atoms with van der Waals surface area (Å²) in [5, 5.41) is 6.06. The second-order valence-electron chi connectivity index (χ2n) is 5.70. The van der Waals surface area contributed by atoms with E-state index >= 15 is 0 Å². The number of aryl methyl sites for hydroxylation is 1. The fourth-order valence-corrected chi connectivity index (χ4v) is 2.76. The monoisotopic (exact) mass is 302 g/mol. The van der Waals surface area contributed by atoms with Crippen LogP contribution in [0.1, 0.15) is 37.9 Å². The molecule has 0 aliphatic carbocycles. The molecule has 0 aliphatic rings. The van der Waals surface area contributed by atoms with Crippen molar-refractivity contribution >= 4 is 17.2 Å². The summed E-state index contributed by atoms with van der Waals surface area (Å²) in [5.41, 5.74) is 3.30. The van der Waals surface area contributed by atoms with Crippen molar-refractivity contribution in [2.45, 2.75) is 40.2 Å². The number of hydrogen-bond acceptors (Lipinski definition) is 3. The van der Waals surface area contributed by atoms with E-state index in [4.69, 9.17) is 0 Å². The van der Waals surface area contributed by atoms with Gasteiger partial charge in [-0.05, 0) is 24.8 Å². The summed E-state index contributed by atoms with van der Waals surface area (Å²) in [7, 11) is 0. The Morgan fingerprint density at radius 3 is 2.57 bits per heavy atom. The molecule has 0 saturated heterocycles. The molecular formula is C17H22N2OS. The zero-order chi connectivity index (χ0) is 15.2. The van der Waals surface area contributed by atoms with E-state index < -0.39 is 0 Å². The molecule has 1 heterocycles. The van der Waals surface area contributed by atoms with Crippen LogP contribution in [0.15, 0.2) is 29.6 Å². The van der Waals surface area contributed by atoms with Crippen molar-refractivity contribution in [3.8, 4) is 10.6 Å². The third kappa shape index (κ3) is 4.97. The summed E-state index contributed by atoms with van der Waals surface area (Å²) in [6.45, 7) is 6.85. The second kappa shape index (κ2) is 7.36. The molecule has 0 aliphatic heterocycles. The summed E-state index contributed by atoms with van der Waals surface area (Å²) in [6.07, 6.45) is 1.54. The molecule has 1 aromatic carbocycles. The Morgan fingerprint density at radius 1 is 1.29 bits per heavy atom. The van der Waals surface area contributed by atoms with Gasteiger partial charge in [0.25, 0.3) is 0 Å². The van der Waals surface area contributed by atoms with Gasteiger partial charge < -0.3 is 5.32 Å². The second-order valence-corrected chi connectivity index (χ2v) is 6.56. The lowest BCUT2D eigenvalue weighted by atomic mass is 10.1. The van der Waals surface area contributed by atoms with Gasteiger partial charge in [-0.25, -0.2) is 4.98 Å². The molecule has 1 amide bonds. The Bertz CT molecular complexity index is 587. The smallest absolute Gasteiger partial charge is 0.220 e. The first-order valence-corrected chi connectivity index (χ1v) is 8.20. The summed E-state index contributed by atoms with van der Waals surface area (Å²) in [4.78, 5) is 16.2. The number of amides is 1. The van der Waals surface area contributed by atoms with Crippen LogP contribution in [-0.2, 0) is 11.3 Å². The molecule has 3 nitrogen and oxygen atoms in total. The highest BCUT2D eigenvalue weighted by Gasteiger charge is 2.05. The standard InChI is InChI=1S/C17H22N2OS/c1-12(2)4-9-16(20)18-10-14-5-7-15(8-6-14)17-19-13(3)11-21-17/h5-8,11-12H,4,9-10H2,1-3H3,(H,18,20). The number of hydrogen-bond donors (Lipinski definition) is 1. The van der Waals surface area contributed by atoms with E-state index in [1.807, 2.05) is 6.92 Å². The number of thiazole rings is 1. The van der Waals surface area contributed by atoms with Gasteiger partial charge in [0.15, 0.2) is 0 Å². The van der Waals surface area contributed by atoms with Crippen molar-refractivity contribution in [3.05, 3.63) is 40.9 Å². The van der Waals surface area contributed by atoms with Gasteiger partial charge in [-0.2, -0.15) is 0 Å². The molecule has 2 aromatic rings. The third-order valence-electron chi connectivity index (χ3n) is 3.26. The highest BCUT2D eigenvalue weighted by Crippen LogP contribution is 2.23. The van der Waals surface area contributed by atoms with Crippen LogP contribution in [0.3, 0.4) is 0 Å². The van der Waals surface area contributed by atoms with E-state index in [0.29, 0.717) is 18.9 Å². The number of carbonyl (C=O) groups excluding carboxylic acids is 1. The van der Waals surface area contributed by atoms with Crippen LogP contribution in [0, 0.1) is 12.8 Å². The van der Waals surface area contributed by atoms with Crippen molar-refractivity contribution in [1.29, 1.82) is 0 Å². The maximum absolute atomic E-state index is 11.7. The van der Waals surface area contributed by atoms with Gasteiger partial charge in [-0.1, -0.05) is 38.1 Å². The van der Waals surface area contributed by atoms with Gasteiger partial charge in [0.05, 0.1) is 0 Å². The minimum atomic E-state index is 0.128. The molecule has 21 heavy (non-hydrogen) atoms. The van der Waals surface area contributed by atoms with E-state index in [9.17, 15) is 4.79 Å². The average molecular weight is 302 g/mol. The highest BCUT2D eigenvalue weighted by atomic mass is 32.1. The molecule has 0 atom stereocenters. The maximum atomic E-state index is 11.7. The van der Waals surface area contributed by atoms with Crippen LogP contribution < -0.4 is 5.32 Å². The Balaban J connectivity index is 1.86. The van der Waals surface area contributed by atoms with Gasteiger partial charge in [0, 0.05) is 29.6 Å². The van der Waals surface area contributed by atoms with Gasteiger partial charge in [0.1, 0.15) is 5.01 Å². The van der Waals surface area contributed by atoms with E-state index in [-0.39, 0.29) is 5.91 Å². The predicted molar refractivity (Wildman–Crippen MR) is 88.2 cm³/mol. The fourth-order valence-electron chi connectivity index (χ4n) is 1.96. The molecule has 1 N–H and O–H groups in total. The first-order valence-electron chi connectivity index (χ1n) is 7.32. The Morgan fingerprint density at radius 2 is 2.00 bits per heavy atom. The first kappa shape index (κ1) is 15.7. The van der Waals surface area contributed by atoms with Gasteiger partial charge in [-0.15, -0.1) is 11.3 Å². The molecule has 0 spiro atoms. The minimum Gasteiger partial charge on any atom is -0.352 e. The minimum absolute atomic E-state index is 0.128. The number of rotatable bonds is 6. The number of nitrogens with zero attached hydrogens (tertiary/aromatic N) is 1. The van der Waals surface area contributed by atoms with Crippen molar-refractivity contribution in [2.24, 2.45) is 5.92 Å². The largest absolute Gasteiger partial charge is 0.352 e. The van der Waals surface area contributed by atoms with Crippen molar-refractivity contribution in [2.75, 3.05) is 0 Å². The maximum Gasteiger partial charge on any atom is 0.220 e. The van der Waals surface area contributed by atoms with E-state index in [1.54, 1.807) is 11.3 Å². The predicted octanol–water partition coefficient (Wildman–Crippen LogP) is 4.17. The SMILES string of the molecule is Cc1csc(-c2ccc(CNC(=O)CCC(C)C)cc2)n1. The summed E-state index contributed by atoms with van der Waals surface area (Å²) >= 11 is 1.66. The van der Waals surface area contributed by atoms with Crippen LogP contribution in [0.4, 0.5) is 0 Å². The fraction of sp³-hybridized carbons (Fsp3) is 0.412. The summed E-state index contributed by atoms with van der Waals surface area (Å²) < 4.78 is 0. The van der Waals surface area contributed by atoms with Crippen LogP contribution in [0.25, 0.3) is 10.6 Å². The third-order valence-corrected chi connectivity index (χ3v) is 4.27. The van der Waals surface area contributed by atoms with E-state index in [0.717, 1.165) is 28.2 Å². The van der Waals surface area contributed by atoms with E-state index in [2.05, 4.69) is 53.8 Å². The topological polar surface area (TPSA) is 42.0 Å². The number of aromatic nitrogens is 1. The quantitative estimate of drug-likeness (QED) is 0.870. The van der Waals surface area contributed by atoms with Crippen molar-refractivity contribution in [3.63, 3.8) is 0 Å². The lowest BCUT2D eigenvalue weighted by molar-refractivity contribution is -0.121. The summed E-state index contributed by atoms with van der Waals surface area (Å²) in [5.74, 6) is 0.695. The molecule has 1 aromatic heterocycles. The van der Waals surface area contributed by atoms with Gasteiger partial charge in [-0.3, -0.25) is 4.79 Å².